The van der Waals surface area contributed by atoms with Crippen molar-refractivity contribution in [2.45, 2.75) is 32.1 Å². The number of amides is 1. The Morgan fingerprint density at radius 3 is 2.03 bits per heavy atom. The average Bonchev–Trinajstić information content (AvgIpc) is 2.79. The minimum absolute atomic E-state index is 0.0189. The van der Waals surface area contributed by atoms with E-state index in [-0.39, 0.29) is 17.6 Å². The van der Waals surface area contributed by atoms with Gasteiger partial charge in [0.1, 0.15) is 0 Å². The molecule has 3 heteroatoms. The van der Waals surface area contributed by atoms with E-state index < -0.39 is 0 Å². The van der Waals surface area contributed by atoms with E-state index in [1.807, 2.05) is 61.5 Å². The molecule has 148 valence electrons. The molecule has 3 aromatic carbocycles. The first-order valence-corrected chi connectivity index (χ1v) is 10.1. The summed E-state index contributed by atoms with van der Waals surface area (Å²) in [5, 5.41) is 3.04. The molecule has 0 aliphatic rings. The molecule has 0 fully saturated rings. The van der Waals surface area contributed by atoms with Gasteiger partial charge in [0.2, 0.25) is 5.91 Å². The zero-order chi connectivity index (χ0) is 20.6. The topological polar surface area (TPSA) is 46.2 Å². The van der Waals surface area contributed by atoms with Gasteiger partial charge in [-0.1, -0.05) is 85.8 Å². The molecule has 3 rings (SSSR count). The fourth-order valence-electron chi connectivity index (χ4n) is 3.37. The minimum Gasteiger partial charge on any atom is -0.356 e. The third-order valence-electron chi connectivity index (χ3n) is 5.32. The van der Waals surface area contributed by atoms with Gasteiger partial charge >= 0.3 is 0 Å². The monoisotopic (exact) mass is 385 g/mol. The van der Waals surface area contributed by atoms with Crippen LogP contribution in [0.2, 0.25) is 0 Å². The van der Waals surface area contributed by atoms with Crippen LogP contribution in [0.5, 0.6) is 0 Å². The molecule has 29 heavy (non-hydrogen) atoms. The summed E-state index contributed by atoms with van der Waals surface area (Å²) >= 11 is 0. The van der Waals surface area contributed by atoms with Crippen LogP contribution in [0.1, 0.15) is 59.2 Å². The largest absolute Gasteiger partial charge is 0.356 e. The molecule has 2 atom stereocenters. The van der Waals surface area contributed by atoms with Gasteiger partial charge in [-0.15, -0.1) is 0 Å². The highest BCUT2D eigenvalue weighted by atomic mass is 16.1. The van der Waals surface area contributed by atoms with Crippen LogP contribution >= 0.6 is 0 Å². The molecule has 0 aromatic heterocycles. The van der Waals surface area contributed by atoms with Crippen LogP contribution in [0.3, 0.4) is 0 Å². The number of carbonyl (C=O) groups excluding carboxylic acids is 2. The molecule has 0 aliphatic carbocycles. The molecule has 2 unspecified atom stereocenters. The van der Waals surface area contributed by atoms with Crippen LogP contribution in [0.15, 0.2) is 84.9 Å². The summed E-state index contributed by atoms with van der Waals surface area (Å²) in [6.07, 6.45) is 0.884. The van der Waals surface area contributed by atoms with Crippen molar-refractivity contribution >= 4 is 11.7 Å². The normalized spacial score (nSPS) is 12.8. The SMILES string of the molecule is CC(CCNC(=O)C(C)c1cccc(C(=O)c2ccccc2)c1)c1ccccc1. The van der Waals surface area contributed by atoms with Crippen LogP contribution in [0.4, 0.5) is 0 Å². The quantitative estimate of drug-likeness (QED) is 0.533. The van der Waals surface area contributed by atoms with E-state index in [1.54, 1.807) is 18.2 Å². The average molecular weight is 386 g/mol. The summed E-state index contributed by atoms with van der Waals surface area (Å²) in [7, 11) is 0. The third kappa shape index (κ3) is 5.41. The van der Waals surface area contributed by atoms with Crippen LogP contribution in [-0.2, 0) is 4.79 Å². The fraction of sp³-hybridized carbons (Fsp3) is 0.231. The van der Waals surface area contributed by atoms with Crippen molar-refractivity contribution in [1.82, 2.24) is 5.32 Å². The Bertz CT molecular complexity index is 951. The molecular weight excluding hydrogens is 358 g/mol. The minimum atomic E-state index is -0.314. The van der Waals surface area contributed by atoms with Crippen LogP contribution in [-0.4, -0.2) is 18.2 Å². The van der Waals surface area contributed by atoms with Crippen molar-refractivity contribution in [3.63, 3.8) is 0 Å². The van der Waals surface area contributed by atoms with Crippen molar-refractivity contribution in [2.24, 2.45) is 0 Å². The fourth-order valence-corrected chi connectivity index (χ4v) is 3.37. The number of carbonyl (C=O) groups is 2. The summed E-state index contributed by atoms with van der Waals surface area (Å²) in [4.78, 5) is 25.3. The van der Waals surface area contributed by atoms with Crippen molar-refractivity contribution in [3.05, 3.63) is 107 Å². The van der Waals surface area contributed by atoms with Gasteiger partial charge in [-0.25, -0.2) is 0 Å². The van der Waals surface area contributed by atoms with Crippen molar-refractivity contribution < 1.29 is 9.59 Å². The van der Waals surface area contributed by atoms with Crippen molar-refractivity contribution in [1.29, 1.82) is 0 Å². The van der Waals surface area contributed by atoms with Crippen molar-refractivity contribution in [3.8, 4) is 0 Å². The summed E-state index contributed by atoms with van der Waals surface area (Å²) in [6, 6.07) is 26.9. The Balaban J connectivity index is 1.59. The Hall–Kier alpha value is -3.20. The standard InChI is InChI=1S/C26H27NO2/c1-19(21-10-5-3-6-11-21)16-17-27-26(29)20(2)23-14-9-15-24(18-23)25(28)22-12-7-4-8-13-22/h3-15,18-20H,16-17H2,1-2H3,(H,27,29). The third-order valence-corrected chi connectivity index (χ3v) is 5.32. The van der Waals surface area contributed by atoms with Crippen LogP contribution in [0, 0.1) is 0 Å². The Labute approximate surface area is 172 Å². The highest BCUT2D eigenvalue weighted by molar-refractivity contribution is 6.09. The molecule has 0 radical (unpaired) electrons. The smallest absolute Gasteiger partial charge is 0.227 e. The molecule has 0 spiro atoms. The van der Waals surface area contributed by atoms with Crippen molar-refractivity contribution in [2.75, 3.05) is 6.54 Å². The van der Waals surface area contributed by atoms with E-state index in [2.05, 4.69) is 24.4 Å². The molecule has 1 N–H and O–H groups in total. The van der Waals surface area contributed by atoms with E-state index in [1.165, 1.54) is 5.56 Å². The number of benzene rings is 3. The first-order chi connectivity index (χ1) is 14.1. The van der Waals surface area contributed by atoms with E-state index in [0.717, 1.165) is 12.0 Å². The van der Waals surface area contributed by atoms with E-state index in [0.29, 0.717) is 23.6 Å². The Morgan fingerprint density at radius 2 is 1.34 bits per heavy atom. The first kappa shape index (κ1) is 20.5. The number of hydrogen-bond donors (Lipinski definition) is 1. The molecule has 0 bridgehead atoms. The predicted molar refractivity (Wildman–Crippen MR) is 117 cm³/mol. The summed E-state index contributed by atoms with van der Waals surface area (Å²) in [5.74, 6) is 0.0236. The molecular formula is C26H27NO2. The summed E-state index contributed by atoms with van der Waals surface area (Å²) < 4.78 is 0. The second-order valence-corrected chi connectivity index (χ2v) is 7.43. The molecule has 0 aliphatic heterocycles. The maximum Gasteiger partial charge on any atom is 0.227 e. The highest BCUT2D eigenvalue weighted by Crippen LogP contribution is 2.20. The molecule has 1 amide bonds. The molecule has 3 nitrogen and oxygen atoms in total. The number of ketones is 1. The van der Waals surface area contributed by atoms with Gasteiger partial charge in [0.15, 0.2) is 5.78 Å². The predicted octanol–water partition coefficient (Wildman–Crippen LogP) is 5.33. The van der Waals surface area contributed by atoms with Gasteiger partial charge in [0.05, 0.1) is 5.92 Å². The van der Waals surface area contributed by atoms with Crippen LogP contribution in [0.25, 0.3) is 0 Å². The molecule has 0 saturated heterocycles. The lowest BCUT2D eigenvalue weighted by Gasteiger charge is -2.16. The van der Waals surface area contributed by atoms with Gasteiger partial charge in [-0.3, -0.25) is 9.59 Å². The Kier molecular flexibility index (Phi) is 6.96. The van der Waals surface area contributed by atoms with Gasteiger partial charge in [-0.2, -0.15) is 0 Å². The van der Waals surface area contributed by atoms with E-state index in [9.17, 15) is 9.59 Å². The molecule has 0 saturated carbocycles. The lowest BCUT2D eigenvalue weighted by molar-refractivity contribution is -0.122. The summed E-state index contributed by atoms with van der Waals surface area (Å²) in [5.41, 5.74) is 3.38. The molecule has 3 aromatic rings. The van der Waals surface area contributed by atoms with Gasteiger partial charge < -0.3 is 5.32 Å². The Morgan fingerprint density at radius 1 is 0.759 bits per heavy atom. The number of nitrogens with one attached hydrogen (secondary N) is 1. The van der Waals surface area contributed by atoms with E-state index >= 15 is 0 Å². The lowest BCUT2D eigenvalue weighted by atomic mass is 9.95. The van der Waals surface area contributed by atoms with Gasteiger partial charge in [-0.05, 0) is 36.5 Å². The number of rotatable bonds is 8. The van der Waals surface area contributed by atoms with E-state index in [4.69, 9.17) is 0 Å². The number of hydrogen-bond acceptors (Lipinski definition) is 2. The zero-order valence-electron chi connectivity index (χ0n) is 17.0. The second-order valence-electron chi connectivity index (χ2n) is 7.43. The maximum absolute atomic E-state index is 12.7. The first-order valence-electron chi connectivity index (χ1n) is 10.1. The summed E-state index contributed by atoms with van der Waals surface area (Å²) in [6.45, 7) is 4.67. The van der Waals surface area contributed by atoms with Gasteiger partial charge in [0.25, 0.3) is 0 Å². The molecule has 0 heterocycles. The lowest BCUT2D eigenvalue weighted by Crippen LogP contribution is -2.29. The van der Waals surface area contributed by atoms with Gasteiger partial charge in [0, 0.05) is 17.7 Å². The zero-order valence-corrected chi connectivity index (χ0v) is 17.0. The second kappa shape index (κ2) is 9.83. The maximum atomic E-state index is 12.7. The van der Waals surface area contributed by atoms with Crippen LogP contribution < -0.4 is 5.32 Å². The highest BCUT2D eigenvalue weighted by Gasteiger charge is 2.17.